The van der Waals surface area contributed by atoms with E-state index in [0.717, 1.165) is 25.9 Å². The van der Waals surface area contributed by atoms with Crippen molar-refractivity contribution in [3.8, 4) is 0 Å². The van der Waals surface area contributed by atoms with E-state index in [1.165, 1.54) is 4.57 Å². The molecule has 0 spiro atoms. The Morgan fingerprint density at radius 1 is 1.27 bits per heavy atom. The van der Waals surface area contributed by atoms with Gasteiger partial charge in [0.25, 0.3) is 0 Å². The van der Waals surface area contributed by atoms with E-state index < -0.39 is 12.0 Å². The molecule has 0 atom stereocenters. The highest BCUT2D eigenvalue weighted by molar-refractivity contribution is 5.78. The first-order chi connectivity index (χ1) is 12.4. The molecule has 0 aliphatic carbocycles. The van der Waals surface area contributed by atoms with Gasteiger partial charge < -0.3 is 9.88 Å². The topological polar surface area (TPSA) is 50.2 Å². The van der Waals surface area contributed by atoms with Crippen molar-refractivity contribution in [3.63, 3.8) is 0 Å². The standard InChI is InChI=1S/C18H23F3N4O/c1-2-22-16(26)12-24-9-7-13(8-10-24)11-25-15-6-4-3-5-14(15)23-17(25)18(19,20)21/h3-6,13H,2,7-12H2,1H3,(H,22,26). The molecular weight excluding hydrogens is 345 g/mol. The van der Waals surface area contributed by atoms with Crippen LogP contribution in [0.3, 0.4) is 0 Å². The number of carbonyl (C=O) groups is 1. The number of benzene rings is 1. The second kappa shape index (κ2) is 7.65. The van der Waals surface area contributed by atoms with Crippen LogP contribution in [0.4, 0.5) is 13.2 Å². The highest BCUT2D eigenvalue weighted by Gasteiger charge is 2.38. The Kier molecular flexibility index (Phi) is 5.50. The third-order valence-electron chi connectivity index (χ3n) is 4.80. The number of alkyl halides is 3. The fourth-order valence-corrected chi connectivity index (χ4v) is 3.52. The van der Waals surface area contributed by atoms with E-state index in [1.807, 2.05) is 6.92 Å². The molecule has 1 aromatic carbocycles. The van der Waals surface area contributed by atoms with E-state index in [-0.39, 0.29) is 11.8 Å². The van der Waals surface area contributed by atoms with Crippen molar-refractivity contribution < 1.29 is 18.0 Å². The van der Waals surface area contributed by atoms with Gasteiger partial charge in [0, 0.05) is 13.1 Å². The molecule has 0 bridgehead atoms. The highest BCUT2D eigenvalue weighted by Crippen LogP contribution is 2.33. The van der Waals surface area contributed by atoms with Crippen molar-refractivity contribution in [1.82, 2.24) is 19.8 Å². The highest BCUT2D eigenvalue weighted by atomic mass is 19.4. The van der Waals surface area contributed by atoms with Crippen LogP contribution in [0.5, 0.6) is 0 Å². The molecule has 1 N–H and O–H groups in total. The Hall–Kier alpha value is -2.09. The minimum atomic E-state index is -4.47. The smallest absolute Gasteiger partial charge is 0.355 e. The second-order valence-corrected chi connectivity index (χ2v) is 6.71. The minimum Gasteiger partial charge on any atom is -0.355 e. The van der Waals surface area contributed by atoms with Gasteiger partial charge in [-0.15, -0.1) is 0 Å². The zero-order valence-corrected chi connectivity index (χ0v) is 14.7. The molecule has 1 aliphatic rings. The predicted octanol–water partition coefficient (Wildman–Crippen LogP) is 2.90. The maximum Gasteiger partial charge on any atom is 0.449 e. The molecule has 1 aromatic heterocycles. The van der Waals surface area contributed by atoms with Gasteiger partial charge in [-0.2, -0.15) is 13.2 Å². The summed E-state index contributed by atoms with van der Waals surface area (Å²) in [7, 11) is 0. The molecule has 1 aliphatic heterocycles. The lowest BCUT2D eigenvalue weighted by molar-refractivity contribution is -0.147. The van der Waals surface area contributed by atoms with Gasteiger partial charge in [0.2, 0.25) is 11.7 Å². The summed E-state index contributed by atoms with van der Waals surface area (Å²) in [5.74, 6) is -0.700. The molecule has 26 heavy (non-hydrogen) atoms. The van der Waals surface area contributed by atoms with Gasteiger partial charge in [-0.3, -0.25) is 9.69 Å². The molecule has 0 radical (unpaired) electrons. The number of likely N-dealkylation sites (N-methyl/N-ethyl adjacent to an activating group) is 1. The summed E-state index contributed by atoms with van der Waals surface area (Å²) in [5.41, 5.74) is 0.887. The summed E-state index contributed by atoms with van der Waals surface area (Å²) >= 11 is 0. The number of nitrogens with zero attached hydrogens (tertiary/aromatic N) is 3. The van der Waals surface area contributed by atoms with Crippen LogP contribution in [-0.2, 0) is 17.5 Å². The van der Waals surface area contributed by atoms with Crippen molar-refractivity contribution in [2.75, 3.05) is 26.2 Å². The fourth-order valence-electron chi connectivity index (χ4n) is 3.52. The van der Waals surface area contributed by atoms with E-state index in [2.05, 4.69) is 15.2 Å². The largest absolute Gasteiger partial charge is 0.449 e. The zero-order valence-electron chi connectivity index (χ0n) is 14.7. The summed E-state index contributed by atoms with van der Waals surface area (Å²) in [5, 5.41) is 2.77. The quantitative estimate of drug-likeness (QED) is 0.883. The maximum absolute atomic E-state index is 13.4. The number of halogens is 3. The van der Waals surface area contributed by atoms with Crippen LogP contribution in [0.2, 0.25) is 0 Å². The predicted molar refractivity (Wildman–Crippen MR) is 92.6 cm³/mol. The number of hydrogen-bond acceptors (Lipinski definition) is 3. The zero-order chi connectivity index (χ0) is 18.7. The molecule has 2 heterocycles. The Labute approximate surface area is 150 Å². The number of likely N-dealkylation sites (tertiary alicyclic amines) is 1. The number of piperidine rings is 1. The molecule has 3 rings (SSSR count). The Morgan fingerprint density at radius 3 is 2.62 bits per heavy atom. The number of nitrogens with one attached hydrogen (secondary N) is 1. The number of fused-ring (bicyclic) bond motifs is 1. The van der Waals surface area contributed by atoms with Gasteiger partial charge in [0.1, 0.15) is 0 Å². The van der Waals surface area contributed by atoms with Crippen LogP contribution in [0.15, 0.2) is 24.3 Å². The number of para-hydroxylation sites is 2. The SMILES string of the molecule is CCNC(=O)CN1CCC(Cn2c(C(F)(F)F)nc3ccccc32)CC1. The van der Waals surface area contributed by atoms with Crippen LogP contribution in [0.25, 0.3) is 11.0 Å². The molecule has 0 saturated carbocycles. The van der Waals surface area contributed by atoms with E-state index in [4.69, 9.17) is 0 Å². The first kappa shape index (κ1) is 18.7. The summed E-state index contributed by atoms with van der Waals surface area (Å²) in [6.07, 6.45) is -2.94. The number of rotatable bonds is 5. The third kappa shape index (κ3) is 4.17. The van der Waals surface area contributed by atoms with E-state index >= 15 is 0 Å². The first-order valence-corrected chi connectivity index (χ1v) is 8.90. The number of aromatic nitrogens is 2. The summed E-state index contributed by atoms with van der Waals surface area (Å²) in [4.78, 5) is 17.5. The first-order valence-electron chi connectivity index (χ1n) is 8.90. The Balaban J connectivity index is 1.69. The number of amides is 1. The number of imidazole rings is 1. The van der Waals surface area contributed by atoms with Gasteiger partial charge in [-0.25, -0.2) is 4.98 Å². The van der Waals surface area contributed by atoms with Crippen LogP contribution < -0.4 is 5.32 Å². The van der Waals surface area contributed by atoms with E-state index in [0.29, 0.717) is 30.7 Å². The molecule has 0 unspecified atom stereocenters. The summed E-state index contributed by atoms with van der Waals surface area (Å²) < 4.78 is 41.5. The Bertz CT molecular complexity index is 763. The van der Waals surface area contributed by atoms with Crippen LogP contribution in [0.1, 0.15) is 25.6 Å². The second-order valence-electron chi connectivity index (χ2n) is 6.71. The van der Waals surface area contributed by atoms with E-state index in [1.54, 1.807) is 24.3 Å². The van der Waals surface area contributed by atoms with Crippen LogP contribution in [0, 0.1) is 5.92 Å². The Morgan fingerprint density at radius 2 is 1.96 bits per heavy atom. The molecule has 2 aromatic rings. The summed E-state index contributed by atoms with van der Waals surface area (Å²) in [6.45, 7) is 4.55. The van der Waals surface area contributed by atoms with Crippen LogP contribution >= 0.6 is 0 Å². The number of hydrogen-bond donors (Lipinski definition) is 1. The van der Waals surface area contributed by atoms with E-state index in [9.17, 15) is 18.0 Å². The molecule has 1 amide bonds. The fraction of sp³-hybridized carbons (Fsp3) is 0.556. The normalized spacial score (nSPS) is 16.9. The van der Waals surface area contributed by atoms with Gasteiger partial charge in [-0.05, 0) is 50.9 Å². The van der Waals surface area contributed by atoms with Gasteiger partial charge in [0.15, 0.2) is 0 Å². The van der Waals surface area contributed by atoms with Crippen molar-refractivity contribution in [3.05, 3.63) is 30.1 Å². The maximum atomic E-state index is 13.4. The van der Waals surface area contributed by atoms with Gasteiger partial charge in [-0.1, -0.05) is 12.1 Å². The lowest BCUT2D eigenvalue weighted by Gasteiger charge is -2.32. The van der Waals surface area contributed by atoms with Gasteiger partial charge >= 0.3 is 6.18 Å². The molecule has 1 saturated heterocycles. The van der Waals surface area contributed by atoms with Gasteiger partial charge in [0.05, 0.1) is 17.6 Å². The minimum absolute atomic E-state index is 0.00842. The van der Waals surface area contributed by atoms with Crippen molar-refractivity contribution in [2.45, 2.75) is 32.5 Å². The monoisotopic (exact) mass is 368 g/mol. The molecule has 142 valence electrons. The van der Waals surface area contributed by atoms with Crippen molar-refractivity contribution in [2.24, 2.45) is 5.92 Å². The summed E-state index contributed by atoms with van der Waals surface area (Å²) in [6, 6.07) is 6.72. The molecular formula is C18H23F3N4O. The van der Waals surface area contributed by atoms with Crippen molar-refractivity contribution >= 4 is 16.9 Å². The molecule has 5 nitrogen and oxygen atoms in total. The van der Waals surface area contributed by atoms with Crippen molar-refractivity contribution in [1.29, 1.82) is 0 Å². The lowest BCUT2D eigenvalue weighted by atomic mass is 9.96. The third-order valence-corrected chi connectivity index (χ3v) is 4.80. The average molecular weight is 368 g/mol. The average Bonchev–Trinajstić information content (AvgIpc) is 2.96. The van der Waals surface area contributed by atoms with Crippen LogP contribution in [-0.4, -0.2) is 46.5 Å². The molecule has 1 fully saturated rings. The lowest BCUT2D eigenvalue weighted by Crippen LogP contribution is -2.42. The molecule has 8 heteroatoms. The number of carbonyl (C=O) groups excluding carboxylic acids is 1.